The van der Waals surface area contributed by atoms with Gasteiger partial charge in [-0.05, 0) is 0 Å². The molecule has 15 heteroatoms. The predicted octanol–water partition coefficient (Wildman–Crippen LogP) is -3.52. The molecule has 12 N–H and O–H groups in total. The van der Waals surface area contributed by atoms with Crippen LogP contribution in [0.25, 0.3) is 0 Å². The Labute approximate surface area is 274 Å². The summed E-state index contributed by atoms with van der Waals surface area (Å²) in [4.78, 5) is 36.0. The summed E-state index contributed by atoms with van der Waals surface area (Å²) < 4.78 is 0. The Hall–Kier alpha value is 2.63. The Morgan fingerprint density at radius 2 is 0.600 bits per heavy atom. The van der Waals surface area contributed by atoms with E-state index < -0.39 is 23.9 Å². The summed E-state index contributed by atoms with van der Waals surface area (Å²) >= 11 is 0. The molecule has 0 heterocycles. The fraction of sp³-hybridized carbons (Fsp3) is 0.600. The van der Waals surface area contributed by atoms with Crippen molar-refractivity contribution in [2.45, 2.75) is 27.7 Å². The zero-order valence-corrected chi connectivity index (χ0v) is 25.4. The van der Waals surface area contributed by atoms with E-state index in [4.69, 9.17) is 51.1 Å². The third-order valence-electron chi connectivity index (χ3n) is 0.167. The van der Waals surface area contributed by atoms with E-state index in [1.807, 2.05) is 0 Å². The molecule has 0 aliphatic rings. The monoisotopic (exact) mass is 453 g/mol. The first-order chi connectivity index (χ1) is 8.84. The van der Waals surface area contributed by atoms with Gasteiger partial charge in [-0.2, -0.15) is 0 Å². The van der Waals surface area contributed by atoms with Crippen LogP contribution >= 0.6 is 0 Å². The summed E-state index contributed by atoms with van der Waals surface area (Å²) in [6, 6.07) is 0. The minimum atomic E-state index is -0.833. The molecule has 12 nitrogen and oxygen atoms in total. The molecule has 0 amide bonds. The van der Waals surface area contributed by atoms with Crippen molar-refractivity contribution in [2.24, 2.45) is 11.5 Å². The summed E-state index contributed by atoms with van der Waals surface area (Å²) in [5.74, 6) is -3.33. The first-order valence-corrected chi connectivity index (χ1v) is 5.03. The van der Waals surface area contributed by atoms with Crippen molar-refractivity contribution < 1.29 is 50.6 Å². The molecular formula is C10H28K3N2O10. The van der Waals surface area contributed by atoms with Crippen LogP contribution in [0, 0.1) is 0 Å². The summed E-state index contributed by atoms with van der Waals surface area (Å²) in [5.41, 5.74) is 9.81. The van der Waals surface area contributed by atoms with Gasteiger partial charge in [-0.15, -0.1) is 0 Å². The van der Waals surface area contributed by atoms with Gasteiger partial charge in [-0.1, -0.05) is 0 Å². The van der Waals surface area contributed by atoms with Crippen LogP contribution in [0.3, 0.4) is 0 Å². The fourth-order valence-corrected chi connectivity index (χ4v) is 0. The van der Waals surface area contributed by atoms with Crippen molar-refractivity contribution in [3.05, 3.63) is 0 Å². The van der Waals surface area contributed by atoms with Crippen LogP contribution < -0.4 is 11.5 Å². The molecule has 0 atom stereocenters. The maximum Gasteiger partial charge on any atom is 0.300 e. The average molecular weight is 454 g/mol. The first-order valence-electron chi connectivity index (χ1n) is 5.03. The van der Waals surface area contributed by atoms with Crippen molar-refractivity contribution in [1.29, 1.82) is 0 Å². The molecule has 0 saturated heterocycles. The quantitative estimate of drug-likeness (QED) is 0.213. The van der Waals surface area contributed by atoms with Crippen LogP contribution in [0.5, 0.6) is 0 Å². The molecule has 0 spiro atoms. The Morgan fingerprint density at radius 1 is 0.560 bits per heavy atom. The Bertz CT molecular complexity index is 205. The van der Waals surface area contributed by atoms with Gasteiger partial charge in [0.05, 0.1) is 0 Å². The molecule has 0 aliphatic heterocycles. The number of rotatable bonds is 1. The molecule has 0 fully saturated rings. The van der Waals surface area contributed by atoms with Crippen LogP contribution in [0.15, 0.2) is 0 Å². The normalized spacial score (nSPS) is 5.20. The molecule has 0 aromatic carbocycles. The largest absolute Gasteiger partial charge is 0.481 e. The smallest absolute Gasteiger partial charge is 0.300 e. The van der Waals surface area contributed by atoms with E-state index >= 15 is 0 Å². The van der Waals surface area contributed by atoms with E-state index in [1.54, 1.807) is 0 Å². The maximum atomic E-state index is 9.00. The van der Waals surface area contributed by atoms with Gasteiger partial charge in [0, 0.05) is 195 Å². The van der Waals surface area contributed by atoms with Gasteiger partial charge in [-0.3, -0.25) is 19.2 Å². The van der Waals surface area contributed by atoms with Crippen molar-refractivity contribution >= 4 is 178 Å². The van der Waals surface area contributed by atoms with Crippen LogP contribution in [0.1, 0.15) is 27.7 Å². The molecule has 0 aromatic rings. The van der Waals surface area contributed by atoms with Gasteiger partial charge in [0.15, 0.2) is 0 Å². The van der Waals surface area contributed by atoms with Gasteiger partial charge < -0.3 is 42.8 Å². The average Bonchev–Trinajstić information content (AvgIpc) is 2.13. The molecule has 0 unspecified atom stereocenters. The standard InChI is InChI=1S/C2H8N2.4C2H4O2.3K.2H2O/c3-1-2-4;4*1-2(3)4;;;;;/h1-4H2;4*1H3,(H,3,4);;;;2*1H2. The molecular weight excluding hydrogens is 425 g/mol. The second kappa shape index (κ2) is 63.3. The molecule has 0 aromatic heterocycles. The van der Waals surface area contributed by atoms with Gasteiger partial charge in [0.2, 0.25) is 0 Å². The Balaban J connectivity index is -0.0000000134. The zero-order chi connectivity index (χ0) is 17.7. The Kier molecular flexibility index (Phi) is 160. The number of nitrogens with two attached hydrogens (primary N) is 2. The van der Waals surface area contributed by atoms with Gasteiger partial charge in [-0.25, -0.2) is 0 Å². The summed E-state index contributed by atoms with van der Waals surface area (Å²) in [7, 11) is 0. The first kappa shape index (κ1) is 63.0. The molecule has 0 aliphatic carbocycles. The number of hydrogen-bond donors (Lipinski definition) is 6. The molecule has 0 saturated carbocycles. The van der Waals surface area contributed by atoms with Crippen LogP contribution in [-0.2, 0) is 19.2 Å². The summed E-state index contributed by atoms with van der Waals surface area (Å²) in [6.45, 7) is 5.53. The Morgan fingerprint density at radius 3 is 0.600 bits per heavy atom. The van der Waals surface area contributed by atoms with Crippen LogP contribution in [0.2, 0.25) is 0 Å². The SMILES string of the molecule is CC(=O)O.CC(=O)O.CC(=O)O.CC(=O)O.NCCN.O.O.[K].[K].[K]. The fourth-order valence-electron chi connectivity index (χ4n) is 0. The number of carboxylic acid groups (broad SMARTS) is 4. The van der Waals surface area contributed by atoms with E-state index in [-0.39, 0.29) is 165 Å². The van der Waals surface area contributed by atoms with Crippen LogP contribution in [0.4, 0.5) is 0 Å². The minimum Gasteiger partial charge on any atom is -0.481 e. The van der Waals surface area contributed by atoms with Crippen molar-refractivity contribution in [3.63, 3.8) is 0 Å². The van der Waals surface area contributed by atoms with E-state index in [9.17, 15) is 0 Å². The van der Waals surface area contributed by atoms with Crippen molar-refractivity contribution in [1.82, 2.24) is 0 Å². The van der Waals surface area contributed by atoms with Gasteiger partial charge in [0.25, 0.3) is 23.9 Å². The predicted molar refractivity (Wildman–Crippen MR) is 95.8 cm³/mol. The zero-order valence-electron chi connectivity index (χ0n) is 16.0. The molecule has 0 rings (SSSR count). The van der Waals surface area contributed by atoms with E-state index in [0.29, 0.717) is 13.1 Å². The van der Waals surface area contributed by atoms with Gasteiger partial charge >= 0.3 is 0 Å². The van der Waals surface area contributed by atoms with Crippen LogP contribution in [-0.4, -0.2) is 222 Å². The number of aliphatic carboxylic acids is 4. The number of carboxylic acids is 4. The maximum absolute atomic E-state index is 9.00. The molecule has 3 radical (unpaired) electrons. The number of hydrogen-bond acceptors (Lipinski definition) is 6. The van der Waals surface area contributed by atoms with Crippen molar-refractivity contribution in [2.75, 3.05) is 13.1 Å². The van der Waals surface area contributed by atoms with Crippen molar-refractivity contribution in [3.8, 4) is 0 Å². The summed E-state index contributed by atoms with van der Waals surface area (Å²) in [5, 5.41) is 29.7. The molecule has 25 heavy (non-hydrogen) atoms. The summed E-state index contributed by atoms with van der Waals surface area (Å²) in [6.07, 6.45) is 0. The molecule has 0 bridgehead atoms. The van der Waals surface area contributed by atoms with E-state index in [0.717, 1.165) is 27.7 Å². The second-order valence-electron chi connectivity index (χ2n) is 2.65. The van der Waals surface area contributed by atoms with Gasteiger partial charge in [0.1, 0.15) is 0 Å². The topological polar surface area (TPSA) is 264 Å². The third kappa shape index (κ3) is 1230. The van der Waals surface area contributed by atoms with E-state index in [2.05, 4.69) is 0 Å². The van der Waals surface area contributed by atoms with E-state index in [1.165, 1.54) is 0 Å². The molecule has 141 valence electrons. The second-order valence-corrected chi connectivity index (χ2v) is 2.65. The number of carbonyl (C=O) groups is 4. The minimum absolute atomic E-state index is 0. The third-order valence-corrected chi connectivity index (χ3v) is 0.167.